The molecule has 1 aromatic heterocycles. The van der Waals surface area contributed by atoms with Crippen LogP contribution in [0.4, 0.5) is 5.69 Å². The van der Waals surface area contributed by atoms with Gasteiger partial charge in [-0.15, -0.1) is 10.2 Å². The van der Waals surface area contributed by atoms with E-state index in [1.54, 1.807) is 16.9 Å². The highest BCUT2D eigenvalue weighted by molar-refractivity contribution is 7.89. The first-order valence-electron chi connectivity index (χ1n) is 9.21. The lowest BCUT2D eigenvalue weighted by molar-refractivity contribution is 0.463. The summed E-state index contributed by atoms with van der Waals surface area (Å²) in [6.45, 7) is 0. The second kappa shape index (κ2) is 6.96. The van der Waals surface area contributed by atoms with Crippen molar-refractivity contribution in [3.05, 3.63) is 18.2 Å². The molecular weight excluding hydrogens is 352 g/mol. The Labute approximate surface area is 153 Å². The quantitative estimate of drug-likeness (QED) is 0.802. The van der Waals surface area contributed by atoms with Crippen molar-refractivity contribution < 1.29 is 8.42 Å². The summed E-state index contributed by atoms with van der Waals surface area (Å²) in [6.07, 6.45) is 8.09. The fraction of sp³-hybridized carbons (Fsp3) is 0.588. The Morgan fingerprint density at radius 3 is 2.58 bits per heavy atom. The molecule has 0 atom stereocenters. The van der Waals surface area contributed by atoms with Crippen LogP contribution in [0.2, 0.25) is 0 Å². The Morgan fingerprint density at radius 1 is 1.12 bits per heavy atom. The summed E-state index contributed by atoms with van der Waals surface area (Å²) in [6, 6.07) is 5.78. The summed E-state index contributed by atoms with van der Waals surface area (Å²) in [5.74, 6) is 0.461. The second-order valence-electron chi connectivity index (χ2n) is 7.06. The van der Waals surface area contributed by atoms with Gasteiger partial charge in [-0.25, -0.2) is 13.1 Å². The zero-order valence-electron chi connectivity index (χ0n) is 14.9. The average molecular weight is 376 g/mol. The predicted molar refractivity (Wildman–Crippen MR) is 98.3 cm³/mol. The topological polar surface area (TPSA) is 102 Å². The van der Waals surface area contributed by atoms with E-state index in [4.69, 9.17) is 0 Å². The zero-order valence-corrected chi connectivity index (χ0v) is 15.7. The first-order valence-corrected chi connectivity index (χ1v) is 10.7. The average Bonchev–Trinajstić information content (AvgIpc) is 3.40. The molecule has 26 heavy (non-hydrogen) atoms. The molecular formula is C17H24N6O2S. The molecule has 0 radical (unpaired) electrons. The summed E-state index contributed by atoms with van der Waals surface area (Å²) >= 11 is 0. The number of hydrogen-bond acceptors (Lipinski definition) is 6. The van der Waals surface area contributed by atoms with Gasteiger partial charge in [-0.1, -0.05) is 19.3 Å². The van der Waals surface area contributed by atoms with Gasteiger partial charge in [-0.2, -0.15) is 4.80 Å². The highest BCUT2D eigenvalue weighted by atomic mass is 32.2. The van der Waals surface area contributed by atoms with Crippen LogP contribution >= 0.6 is 0 Å². The molecule has 1 heterocycles. The molecule has 2 aromatic rings. The summed E-state index contributed by atoms with van der Waals surface area (Å²) in [5, 5.41) is 16.4. The van der Waals surface area contributed by atoms with E-state index in [0.29, 0.717) is 23.5 Å². The molecule has 140 valence electrons. The van der Waals surface area contributed by atoms with Gasteiger partial charge in [-0.3, -0.25) is 0 Å². The molecule has 8 nitrogen and oxygen atoms in total. The standard InChI is InChI=1S/C17H24N6O2S/c1-18-26(24,25)14-9-10-16(19-12-5-3-2-4-6-12)15(11-14)17-20-22-23(21-17)13-7-8-13/h9-13,18-19H,2-8H2,1H3. The van der Waals surface area contributed by atoms with Crippen LogP contribution in [0.5, 0.6) is 0 Å². The lowest BCUT2D eigenvalue weighted by Gasteiger charge is -2.25. The molecule has 2 aliphatic rings. The monoisotopic (exact) mass is 376 g/mol. The molecule has 2 saturated carbocycles. The van der Waals surface area contributed by atoms with E-state index in [-0.39, 0.29) is 4.90 Å². The van der Waals surface area contributed by atoms with Crippen molar-refractivity contribution in [2.45, 2.75) is 61.9 Å². The normalized spacial score (nSPS) is 18.8. The van der Waals surface area contributed by atoms with E-state index in [1.807, 2.05) is 6.07 Å². The van der Waals surface area contributed by atoms with Gasteiger partial charge >= 0.3 is 0 Å². The largest absolute Gasteiger partial charge is 0.382 e. The van der Waals surface area contributed by atoms with Crippen LogP contribution in [0.3, 0.4) is 0 Å². The minimum atomic E-state index is -3.54. The minimum Gasteiger partial charge on any atom is -0.382 e. The molecule has 1 aromatic carbocycles. The summed E-state index contributed by atoms with van der Waals surface area (Å²) in [7, 11) is -2.13. The molecule has 0 amide bonds. The molecule has 0 bridgehead atoms. The number of anilines is 1. The Bertz CT molecular complexity index is 884. The smallest absolute Gasteiger partial charge is 0.240 e. The molecule has 0 aliphatic heterocycles. The van der Waals surface area contributed by atoms with Gasteiger partial charge in [0.1, 0.15) is 0 Å². The van der Waals surface area contributed by atoms with E-state index >= 15 is 0 Å². The Morgan fingerprint density at radius 2 is 1.88 bits per heavy atom. The molecule has 9 heteroatoms. The molecule has 4 rings (SSSR count). The molecule has 2 fully saturated rings. The minimum absolute atomic E-state index is 0.201. The van der Waals surface area contributed by atoms with Crippen molar-refractivity contribution in [2.24, 2.45) is 0 Å². The van der Waals surface area contributed by atoms with Crippen molar-refractivity contribution in [3.8, 4) is 11.4 Å². The maximum Gasteiger partial charge on any atom is 0.240 e. The fourth-order valence-corrected chi connectivity index (χ4v) is 4.14. The Balaban J connectivity index is 1.71. The predicted octanol–water partition coefficient (Wildman–Crippen LogP) is 2.33. The summed E-state index contributed by atoms with van der Waals surface area (Å²) in [4.78, 5) is 1.84. The van der Waals surface area contributed by atoms with Gasteiger partial charge in [0.2, 0.25) is 15.8 Å². The highest BCUT2D eigenvalue weighted by Gasteiger charge is 2.27. The molecule has 2 N–H and O–H groups in total. The van der Waals surface area contributed by atoms with Crippen molar-refractivity contribution in [2.75, 3.05) is 12.4 Å². The van der Waals surface area contributed by atoms with E-state index in [9.17, 15) is 8.42 Å². The highest BCUT2D eigenvalue weighted by Crippen LogP contribution is 2.35. The summed E-state index contributed by atoms with van der Waals surface area (Å²) < 4.78 is 26.8. The van der Waals surface area contributed by atoms with E-state index in [1.165, 1.54) is 26.3 Å². The number of nitrogens with zero attached hydrogens (tertiary/aromatic N) is 4. The summed E-state index contributed by atoms with van der Waals surface area (Å²) in [5.41, 5.74) is 1.54. The van der Waals surface area contributed by atoms with Crippen LogP contribution in [0.1, 0.15) is 51.0 Å². The number of hydrogen-bond donors (Lipinski definition) is 2. The lowest BCUT2D eigenvalue weighted by Crippen LogP contribution is -2.23. The fourth-order valence-electron chi connectivity index (χ4n) is 3.38. The van der Waals surface area contributed by atoms with Crippen molar-refractivity contribution in [3.63, 3.8) is 0 Å². The van der Waals surface area contributed by atoms with Gasteiger partial charge < -0.3 is 5.32 Å². The number of sulfonamides is 1. The van der Waals surface area contributed by atoms with Gasteiger partial charge in [0.25, 0.3) is 0 Å². The number of benzene rings is 1. The van der Waals surface area contributed by atoms with Crippen LogP contribution < -0.4 is 10.0 Å². The SMILES string of the molecule is CNS(=O)(=O)c1ccc(NC2CCCCC2)c(-c2nnn(C3CC3)n2)c1. The number of nitrogens with one attached hydrogen (secondary N) is 2. The van der Waals surface area contributed by atoms with Crippen LogP contribution in [0, 0.1) is 0 Å². The third-order valence-corrected chi connectivity index (χ3v) is 6.49. The third-order valence-electron chi connectivity index (χ3n) is 5.08. The first kappa shape index (κ1) is 17.4. The van der Waals surface area contributed by atoms with Gasteiger partial charge in [-0.05, 0) is 56.1 Å². The van der Waals surface area contributed by atoms with E-state index < -0.39 is 10.0 Å². The molecule has 2 aliphatic carbocycles. The van der Waals surface area contributed by atoms with Gasteiger partial charge in [0, 0.05) is 17.3 Å². The van der Waals surface area contributed by atoms with Crippen LogP contribution in [0.25, 0.3) is 11.4 Å². The first-order chi connectivity index (χ1) is 12.6. The van der Waals surface area contributed by atoms with Crippen LogP contribution in [0.15, 0.2) is 23.1 Å². The molecule has 0 spiro atoms. The van der Waals surface area contributed by atoms with Crippen molar-refractivity contribution >= 4 is 15.7 Å². The maximum absolute atomic E-state index is 12.2. The third kappa shape index (κ3) is 3.59. The Hall–Kier alpha value is -2.00. The van der Waals surface area contributed by atoms with Gasteiger partial charge in [0.05, 0.1) is 10.9 Å². The van der Waals surface area contributed by atoms with Crippen LogP contribution in [-0.4, -0.2) is 41.7 Å². The molecule has 0 saturated heterocycles. The number of rotatable bonds is 6. The van der Waals surface area contributed by atoms with E-state index in [2.05, 4.69) is 25.4 Å². The molecule has 0 unspecified atom stereocenters. The van der Waals surface area contributed by atoms with Crippen molar-refractivity contribution in [1.82, 2.24) is 24.9 Å². The van der Waals surface area contributed by atoms with Crippen molar-refractivity contribution in [1.29, 1.82) is 0 Å². The van der Waals surface area contributed by atoms with Gasteiger partial charge in [0.15, 0.2) is 0 Å². The number of tetrazole rings is 1. The maximum atomic E-state index is 12.2. The van der Waals surface area contributed by atoms with E-state index in [0.717, 1.165) is 31.4 Å². The zero-order chi connectivity index (χ0) is 18.1. The number of aromatic nitrogens is 4. The Kier molecular flexibility index (Phi) is 4.66. The lowest BCUT2D eigenvalue weighted by atomic mass is 9.95. The second-order valence-corrected chi connectivity index (χ2v) is 8.95. The van der Waals surface area contributed by atoms with Crippen LogP contribution in [-0.2, 0) is 10.0 Å².